The van der Waals surface area contributed by atoms with E-state index in [0.717, 1.165) is 64.2 Å². The maximum atomic E-state index is 12.9. The molecule has 0 radical (unpaired) electrons. The summed E-state index contributed by atoms with van der Waals surface area (Å²) in [6.45, 7) is 3.70. The van der Waals surface area contributed by atoms with E-state index in [4.69, 9.17) is 9.47 Å². The molecule has 1 aliphatic heterocycles. The van der Waals surface area contributed by atoms with Crippen LogP contribution in [0, 0.1) is 0 Å². The molecule has 0 bridgehead atoms. The molecule has 1 amide bonds. The second kappa shape index (κ2) is 36.7. The molecule has 9 heteroatoms. The number of aliphatic hydroxyl groups is 5. The summed E-state index contributed by atoms with van der Waals surface area (Å²) in [6, 6.07) is -0.733. The van der Waals surface area contributed by atoms with Gasteiger partial charge in [0.2, 0.25) is 5.91 Å². The van der Waals surface area contributed by atoms with Crippen LogP contribution >= 0.6 is 0 Å². The van der Waals surface area contributed by atoms with E-state index in [0.29, 0.717) is 12.8 Å². The zero-order chi connectivity index (χ0) is 40.2. The van der Waals surface area contributed by atoms with Crippen molar-refractivity contribution in [1.29, 1.82) is 0 Å². The minimum Gasteiger partial charge on any atom is -0.394 e. The van der Waals surface area contributed by atoms with Crippen molar-refractivity contribution in [3.63, 3.8) is 0 Å². The Morgan fingerprint density at radius 3 is 1.65 bits per heavy atom. The number of hydrogen-bond donors (Lipinski definition) is 6. The molecule has 0 aromatic rings. The smallest absolute Gasteiger partial charge is 0.220 e. The minimum atomic E-state index is -1.56. The van der Waals surface area contributed by atoms with E-state index in [1.54, 1.807) is 0 Å². The Kier molecular flexibility index (Phi) is 34.3. The predicted octanol–water partition coefficient (Wildman–Crippen LogP) is 9.28. The van der Waals surface area contributed by atoms with Gasteiger partial charge in [-0.3, -0.25) is 4.79 Å². The van der Waals surface area contributed by atoms with Crippen LogP contribution in [-0.2, 0) is 14.3 Å². The van der Waals surface area contributed by atoms with Gasteiger partial charge >= 0.3 is 0 Å². The summed E-state index contributed by atoms with van der Waals surface area (Å²) in [6.07, 6.45) is 37.3. The third-order valence-electron chi connectivity index (χ3n) is 10.8. The highest BCUT2D eigenvalue weighted by atomic mass is 16.7. The molecule has 0 aromatic carbocycles. The van der Waals surface area contributed by atoms with E-state index < -0.39 is 49.5 Å². The van der Waals surface area contributed by atoms with Crippen molar-refractivity contribution < 1.29 is 39.8 Å². The van der Waals surface area contributed by atoms with Crippen LogP contribution < -0.4 is 5.32 Å². The lowest BCUT2D eigenvalue weighted by Crippen LogP contribution is -2.60. The first-order valence-corrected chi connectivity index (χ1v) is 22.7. The zero-order valence-electron chi connectivity index (χ0n) is 35.2. The molecule has 0 aliphatic carbocycles. The largest absolute Gasteiger partial charge is 0.394 e. The Morgan fingerprint density at radius 1 is 0.636 bits per heavy atom. The number of amides is 1. The van der Waals surface area contributed by atoms with Gasteiger partial charge in [0.15, 0.2) is 6.29 Å². The number of nitrogens with one attached hydrogen (secondary N) is 1. The van der Waals surface area contributed by atoms with Gasteiger partial charge in [0.25, 0.3) is 0 Å². The van der Waals surface area contributed by atoms with Gasteiger partial charge in [0, 0.05) is 6.42 Å². The van der Waals surface area contributed by atoms with Crippen molar-refractivity contribution in [3.8, 4) is 0 Å². The fourth-order valence-corrected chi connectivity index (χ4v) is 7.12. The van der Waals surface area contributed by atoms with E-state index in [-0.39, 0.29) is 12.5 Å². The first kappa shape index (κ1) is 51.4. The fourth-order valence-electron chi connectivity index (χ4n) is 7.12. The van der Waals surface area contributed by atoms with E-state index in [1.807, 2.05) is 0 Å². The van der Waals surface area contributed by atoms with Gasteiger partial charge in [-0.25, -0.2) is 0 Å². The van der Waals surface area contributed by atoms with Crippen molar-refractivity contribution in [3.05, 3.63) is 36.5 Å². The number of carbonyl (C=O) groups excluding carboxylic acids is 1. The third-order valence-corrected chi connectivity index (χ3v) is 10.8. The molecule has 1 fully saturated rings. The Bertz CT molecular complexity index is 956. The highest BCUT2D eigenvalue weighted by Gasteiger charge is 2.44. The molecule has 6 N–H and O–H groups in total. The SMILES string of the molecule is CC/C=C\C/C=C\C/C=C\CCCCCC(=O)NC(COC1OC(CO)C(O)C(O)C1O)C(O)CCCCCCCCCCCCCCCCCCCCC. The third kappa shape index (κ3) is 27.6. The second-order valence-corrected chi connectivity index (χ2v) is 15.8. The Balaban J connectivity index is 2.33. The lowest BCUT2D eigenvalue weighted by Gasteiger charge is -2.40. The molecule has 9 nitrogen and oxygen atoms in total. The van der Waals surface area contributed by atoms with Crippen LogP contribution in [0.5, 0.6) is 0 Å². The molecule has 1 heterocycles. The maximum absolute atomic E-state index is 12.9. The lowest BCUT2D eigenvalue weighted by molar-refractivity contribution is -0.302. The number of allylic oxidation sites excluding steroid dienone is 6. The van der Waals surface area contributed by atoms with E-state index in [1.165, 1.54) is 103 Å². The number of unbranched alkanes of at least 4 members (excludes halogenated alkanes) is 21. The van der Waals surface area contributed by atoms with E-state index in [9.17, 15) is 30.3 Å². The molecule has 0 spiro atoms. The molecule has 322 valence electrons. The van der Waals surface area contributed by atoms with Gasteiger partial charge in [-0.2, -0.15) is 0 Å². The standard InChI is InChI=1S/C46H85NO8/c1-3-5-7-9-11-13-15-17-18-19-20-21-22-24-25-27-29-31-33-35-40(49)39(38-54-46-45(53)44(52)43(51)41(37-48)55-46)47-42(50)36-34-32-30-28-26-23-16-14-12-10-8-6-4-2/h6,8,12,14,23,26,39-41,43-46,48-49,51-53H,3-5,7,9-11,13,15-22,24-25,27-38H2,1-2H3,(H,47,50)/b8-6-,14-12-,26-23-. The molecule has 7 unspecified atom stereocenters. The van der Waals surface area contributed by atoms with Gasteiger partial charge in [0.1, 0.15) is 24.4 Å². The van der Waals surface area contributed by atoms with Crippen LogP contribution in [0.15, 0.2) is 36.5 Å². The van der Waals surface area contributed by atoms with Crippen LogP contribution in [0.4, 0.5) is 0 Å². The van der Waals surface area contributed by atoms with Crippen LogP contribution in [0.3, 0.4) is 0 Å². The Morgan fingerprint density at radius 2 is 1.13 bits per heavy atom. The van der Waals surface area contributed by atoms with Crippen LogP contribution in [0.2, 0.25) is 0 Å². The maximum Gasteiger partial charge on any atom is 0.220 e. The summed E-state index contributed by atoms with van der Waals surface area (Å²) >= 11 is 0. The number of carbonyl (C=O) groups is 1. The molecule has 55 heavy (non-hydrogen) atoms. The van der Waals surface area contributed by atoms with Crippen LogP contribution in [-0.4, -0.2) is 87.5 Å². The van der Waals surface area contributed by atoms with Crippen molar-refractivity contribution >= 4 is 5.91 Å². The lowest BCUT2D eigenvalue weighted by atomic mass is 9.99. The van der Waals surface area contributed by atoms with Crippen molar-refractivity contribution in [2.45, 2.75) is 236 Å². The molecule has 0 saturated carbocycles. The first-order chi connectivity index (χ1) is 26.8. The van der Waals surface area contributed by atoms with Crippen molar-refractivity contribution in [2.24, 2.45) is 0 Å². The van der Waals surface area contributed by atoms with Gasteiger partial charge < -0.3 is 40.3 Å². The molecule has 1 saturated heterocycles. The highest BCUT2D eigenvalue weighted by Crippen LogP contribution is 2.23. The number of ether oxygens (including phenoxy) is 2. The Labute approximate surface area is 336 Å². The first-order valence-electron chi connectivity index (χ1n) is 22.7. The molecular weight excluding hydrogens is 695 g/mol. The predicted molar refractivity (Wildman–Crippen MR) is 226 cm³/mol. The van der Waals surface area contributed by atoms with Gasteiger partial charge in [0.05, 0.1) is 25.4 Å². The van der Waals surface area contributed by atoms with E-state index in [2.05, 4.69) is 55.6 Å². The fraction of sp³-hybridized carbons (Fsp3) is 0.848. The highest BCUT2D eigenvalue weighted by molar-refractivity contribution is 5.76. The van der Waals surface area contributed by atoms with E-state index >= 15 is 0 Å². The molecule has 7 atom stereocenters. The van der Waals surface area contributed by atoms with Crippen molar-refractivity contribution in [1.82, 2.24) is 5.32 Å². The number of hydrogen-bond acceptors (Lipinski definition) is 8. The average molecular weight is 780 g/mol. The molecule has 1 aliphatic rings. The summed E-state index contributed by atoms with van der Waals surface area (Å²) in [5.74, 6) is -0.174. The van der Waals surface area contributed by atoms with Crippen LogP contribution in [0.25, 0.3) is 0 Å². The number of aliphatic hydroxyl groups excluding tert-OH is 5. The summed E-state index contributed by atoms with van der Waals surface area (Å²) in [4.78, 5) is 12.9. The average Bonchev–Trinajstić information content (AvgIpc) is 3.18. The monoisotopic (exact) mass is 780 g/mol. The zero-order valence-corrected chi connectivity index (χ0v) is 35.2. The van der Waals surface area contributed by atoms with Gasteiger partial charge in [-0.15, -0.1) is 0 Å². The second-order valence-electron chi connectivity index (χ2n) is 15.8. The summed E-state index contributed by atoms with van der Waals surface area (Å²) in [5, 5.41) is 54.3. The quantitative estimate of drug-likeness (QED) is 0.0270. The summed E-state index contributed by atoms with van der Waals surface area (Å²) < 4.78 is 11.2. The van der Waals surface area contributed by atoms with Gasteiger partial charge in [-0.05, 0) is 44.9 Å². The van der Waals surface area contributed by atoms with Crippen LogP contribution in [0.1, 0.15) is 194 Å². The molecule has 0 aromatic heterocycles. The van der Waals surface area contributed by atoms with Crippen molar-refractivity contribution in [2.75, 3.05) is 13.2 Å². The molecular formula is C46H85NO8. The topological polar surface area (TPSA) is 149 Å². The minimum absolute atomic E-state index is 0.150. The number of rotatable bonds is 37. The molecule has 1 rings (SSSR count). The van der Waals surface area contributed by atoms with Gasteiger partial charge in [-0.1, -0.05) is 179 Å². The summed E-state index contributed by atoms with van der Waals surface area (Å²) in [5.41, 5.74) is 0. The summed E-state index contributed by atoms with van der Waals surface area (Å²) in [7, 11) is 0. The normalized spacial score (nSPS) is 21.6. The Hall–Kier alpha value is -1.59.